The second-order valence-corrected chi connectivity index (χ2v) is 6.68. The van der Waals surface area contributed by atoms with Gasteiger partial charge in [-0.15, -0.1) is 11.6 Å². The number of H-pyrrole nitrogens is 2. The molecular weight excluding hydrogens is 420 g/mol. The van der Waals surface area contributed by atoms with E-state index in [0.29, 0.717) is 28.9 Å². The third-order valence-electron chi connectivity index (χ3n) is 4.32. The number of amides is 1. The number of alkyl halides is 1. The lowest BCUT2D eigenvalue weighted by Gasteiger charge is -2.07. The molecule has 0 radical (unpaired) electrons. The molecule has 0 saturated heterocycles. The second-order valence-electron chi connectivity index (χ2n) is 6.30. The molecule has 2 aromatic heterocycles. The number of nitrogens with one attached hydrogen (secondary N) is 3. The van der Waals surface area contributed by atoms with Crippen LogP contribution in [0.2, 0.25) is 0 Å². The first-order chi connectivity index (χ1) is 14.5. The number of carbonyl (C=O) groups is 1. The maximum Gasteiger partial charge on any atom is 0.413 e. The number of rotatable bonds is 5. The molecule has 4 rings (SSSR count). The molecule has 0 aliphatic rings. The molecule has 4 aromatic rings. The van der Waals surface area contributed by atoms with Crippen molar-refractivity contribution in [2.24, 2.45) is 0 Å². The van der Waals surface area contributed by atoms with Gasteiger partial charge < -0.3 is 9.72 Å². The molecule has 2 heterocycles. The van der Waals surface area contributed by atoms with Crippen LogP contribution in [0.1, 0.15) is 6.42 Å². The molecule has 154 valence electrons. The highest BCUT2D eigenvalue weighted by atomic mass is 35.5. The van der Waals surface area contributed by atoms with Gasteiger partial charge in [0.15, 0.2) is 0 Å². The highest BCUT2D eigenvalue weighted by Gasteiger charge is 2.17. The van der Waals surface area contributed by atoms with Crippen molar-refractivity contribution in [3.63, 3.8) is 0 Å². The van der Waals surface area contributed by atoms with Crippen molar-refractivity contribution in [2.45, 2.75) is 6.42 Å². The number of fused-ring (bicyclic) bond motifs is 2. The number of hydrogen-bond acceptors (Lipinski definition) is 5. The largest absolute Gasteiger partial charge is 0.449 e. The van der Waals surface area contributed by atoms with Crippen LogP contribution in [0.4, 0.5) is 19.5 Å². The fraction of sp³-hybridized carbons (Fsp3) is 0.158. The van der Waals surface area contributed by atoms with Gasteiger partial charge in [-0.05, 0) is 30.7 Å². The van der Waals surface area contributed by atoms with Crippen molar-refractivity contribution in [2.75, 3.05) is 17.8 Å². The molecule has 0 saturated carbocycles. The van der Waals surface area contributed by atoms with Crippen molar-refractivity contribution < 1.29 is 18.3 Å². The average Bonchev–Trinajstić information content (AvgIpc) is 3.12. The Morgan fingerprint density at radius 2 is 1.93 bits per heavy atom. The number of halogens is 3. The molecule has 1 amide bonds. The zero-order valence-corrected chi connectivity index (χ0v) is 16.0. The Kier molecular flexibility index (Phi) is 5.32. The lowest BCUT2D eigenvalue weighted by Crippen LogP contribution is -2.15. The summed E-state index contributed by atoms with van der Waals surface area (Å²) in [4.78, 5) is 30.8. The Labute approximate surface area is 172 Å². The number of benzene rings is 2. The number of carbonyl (C=O) groups excluding carboxylic acids is 1. The summed E-state index contributed by atoms with van der Waals surface area (Å²) >= 11 is 5.53. The minimum absolute atomic E-state index is 0.0630. The molecule has 0 atom stereocenters. The monoisotopic (exact) mass is 433 g/mol. The van der Waals surface area contributed by atoms with Crippen LogP contribution in [-0.2, 0) is 4.74 Å². The van der Waals surface area contributed by atoms with Crippen molar-refractivity contribution >= 4 is 45.4 Å². The van der Waals surface area contributed by atoms with Crippen LogP contribution < -0.4 is 10.9 Å². The first-order valence-corrected chi connectivity index (χ1v) is 9.37. The second kappa shape index (κ2) is 8.07. The summed E-state index contributed by atoms with van der Waals surface area (Å²) < 4.78 is 33.5. The Morgan fingerprint density at radius 3 is 2.70 bits per heavy atom. The SMILES string of the molecule is O=C(Nc1nc2ccc(-c3n[nH]c(=O)c4c(F)ccc(F)c34)cc2[nH]1)OCCCCl. The fourth-order valence-electron chi connectivity index (χ4n) is 3.00. The molecule has 0 spiro atoms. The lowest BCUT2D eigenvalue weighted by atomic mass is 10.0. The van der Waals surface area contributed by atoms with Gasteiger partial charge in [-0.2, -0.15) is 5.10 Å². The van der Waals surface area contributed by atoms with E-state index < -0.39 is 28.7 Å². The fourth-order valence-corrected chi connectivity index (χ4v) is 3.11. The minimum Gasteiger partial charge on any atom is -0.449 e. The predicted octanol–water partition coefficient (Wildman–Crippen LogP) is 3.92. The molecule has 8 nitrogen and oxygen atoms in total. The van der Waals surface area contributed by atoms with E-state index in [-0.39, 0.29) is 23.6 Å². The van der Waals surface area contributed by atoms with Gasteiger partial charge in [0, 0.05) is 11.4 Å². The predicted molar refractivity (Wildman–Crippen MR) is 108 cm³/mol. The summed E-state index contributed by atoms with van der Waals surface area (Å²) in [5, 5.41) is 7.92. The quantitative estimate of drug-likeness (QED) is 0.326. The molecule has 30 heavy (non-hydrogen) atoms. The summed E-state index contributed by atoms with van der Waals surface area (Å²) in [7, 11) is 0. The number of hydrogen-bond donors (Lipinski definition) is 3. The van der Waals surface area contributed by atoms with Gasteiger partial charge in [0.1, 0.15) is 17.3 Å². The standard InChI is InChI=1S/C19H14ClF2N5O3/c20-6-1-7-30-19(29)25-18-23-12-5-2-9(8-13(12)24-18)16-14-10(21)3-4-11(22)15(14)17(28)27-26-16/h2-5,8H,1,6-7H2,(H,27,28)(H2,23,24,25,29). The number of nitrogens with zero attached hydrogens (tertiary/aromatic N) is 2. The van der Waals surface area contributed by atoms with Crippen LogP contribution in [0.3, 0.4) is 0 Å². The molecule has 0 fully saturated rings. The van der Waals surface area contributed by atoms with Crippen molar-refractivity contribution in [3.05, 3.63) is 52.3 Å². The summed E-state index contributed by atoms with van der Waals surface area (Å²) in [6.07, 6.45) is -0.166. The smallest absolute Gasteiger partial charge is 0.413 e. The molecular formula is C19H14ClF2N5O3. The van der Waals surface area contributed by atoms with Crippen molar-refractivity contribution in [1.29, 1.82) is 0 Å². The van der Waals surface area contributed by atoms with E-state index in [1.54, 1.807) is 18.2 Å². The maximum absolute atomic E-state index is 14.4. The van der Waals surface area contributed by atoms with E-state index in [2.05, 4.69) is 25.5 Å². The van der Waals surface area contributed by atoms with E-state index in [1.165, 1.54) is 0 Å². The number of imidazole rings is 1. The van der Waals surface area contributed by atoms with Gasteiger partial charge in [0.05, 0.1) is 28.4 Å². The third-order valence-corrected chi connectivity index (χ3v) is 4.59. The molecule has 0 unspecified atom stereocenters. The van der Waals surface area contributed by atoms with Crippen LogP contribution in [0.15, 0.2) is 35.1 Å². The number of ether oxygens (including phenoxy) is 1. The zero-order chi connectivity index (χ0) is 21.3. The molecule has 11 heteroatoms. The van der Waals surface area contributed by atoms with E-state index in [0.717, 1.165) is 12.1 Å². The molecule has 0 aliphatic heterocycles. The highest BCUT2D eigenvalue weighted by molar-refractivity contribution is 6.17. The number of anilines is 1. The van der Waals surface area contributed by atoms with Gasteiger partial charge in [0.2, 0.25) is 5.95 Å². The number of aromatic amines is 2. The summed E-state index contributed by atoms with van der Waals surface area (Å²) in [6.45, 7) is 0.173. The Bertz CT molecular complexity index is 1320. The topological polar surface area (TPSA) is 113 Å². The van der Waals surface area contributed by atoms with Gasteiger partial charge in [0.25, 0.3) is 5.56 Å². The molecule has 3 N–H and O–H groups in total. The van der Waals surface area contributed by atoms with Gasteiger partial charge in [-0.25, -0.2) is 23.7 Å². The molecule has 0 bridgehead atoms. The van der Waals surface area contributed by atoms with Gasteiger partial charge in [-0.1, -0.05) is 6.07 Å². The van der Waals surface area contributed by atoms with Crippen LogP contribution in [0.5, 0.6) is 0 Å². The molecule has 0 aliphatic carbocycles. The van der Waals surface area contributed by atoms with Crippen LogP contribution in [-0.4, -0.2) is 38.7 Å². The summed E-state index contributed by atoms with van der Waals surface area (Å²) in [6, 6.07) is 6.63. The first-order valence-electron chi connectivity index (χ1n) is 8.84. The van der Waals surface area contributed by atoms with E-state index >= 15 is 0 Å². The third kappa shape index (κ3) is 3.69. The lowest BCUT2D eigenvalue weighted by molar-refractivity contribution is 0.162. The Hall–Kier alpha value is -3.53. The van der Waals surface area contributed by atoms with Crippen LogP contribution in [0, 0.1) is 11.6 Å². The van der Waals surface area contributed by atoms with Crippen molar-refractivity contribution in [3.8, 4) is 11.3 Å². The number of aromatic nitrogens is 4. The van der Waals surface area contributed by atoms with Crippen LogP contribution >= 0.6 is 11.6 Å². The summed E-state index contributed by atoms with van der Waals surface area (Å²) in [5.41, 5.74) is 0.658. The summed E-state index contributed by atoms with van der Waals surface area (Å²) in [5.74, 6) is -1.10. The minimum atomic E-state index is -0.849. The Balaban J connectivity index is 1.71. The van der Waals surface area contributed by atoms with E-state index in [4.69, 9.17) is 16.3 Å². The first kappa shape index (κ1) is 19.8. The van der Waals surface area contributed by atoms with Gasteiger partial charge in [-0.3, -0.25) is 10.1 Å². The van der Waals surface area contributed by atoms with Crippen molar-refractivity contribution in [1.82, 2.24) is 20.2 Å². The average molecular weight is 434 g/mol. The highest BCUT2D eigenvalue weighted by Crippen LogP contribution is 2.30. The van der Waals surface area contributed by atoms with Gasteiger partial charge >= 0.3 is 6.09 Å². The van der Waals surface area contributed by atoms with Crippen LogP contribution in [0.25, 0.3) is 33.1 Å². The zero-order valence-electron chi connectivity index (χ0n) is 15.3. The normalized spacial score (nSPS) is 11.2. The Morgan fingerprint density at radius 1 is 1.17 bits per heavy atom. The van der Waals surface area contributed by atoms with E-state index in [1.807, 2.05) is 0 Å². The maximum atomic E-state index is 14.4. The van der Waals surface area contributed by atoms with E-state index in [9.17, 15) is 18.4 Å². The molecule has 2 aromatic carbocycles.